The molecule has 1 aliphatic heterocycles. The zero-order chi connectivity index (χ0) is 10.4. The Kier molecular flexibility index (Phi) is 5.45. The molecule has 1 rings (SSSR count). The van der Waals surface area contributed by atoms with Crippen LogP contribution in [0.1, 0.15) is 26.7 Å². The maximum absolute atomic E-state index is 5.46. The highest BCUT2D eigenvalue weighted by atomic mass is 16.5. The fourth-order valence-electron chi connectivity index (χ4n) is 2.21. The molecule has 1 fully saturated rings. The van der Waals surface area contributed by atoms with Crippen molar-refractivity contribution in [2.75, 3.05) is 33.4 Å². The summed E-state index contributed by atoms with van der Waals surface area (Å²) in [4.78, 5) is 2.54. The van der Waals surface area contributed by atoms with Gasteiger partial charge in [-0.1, -0.05) is 6.92 Å². The third kappa shape index (κ3) is 3.23. The first-order chi connectivity index (χ1) is 6.79. The molecule has 2 atom stereocenters. The van der Waals surface area contributed by atoms with E-state index in [-0.39, 0.29) is 0 Å². The van der Waals surface area contributed by atoms with Crippen molar-refractivity contribution in [3.8, 4) is 0 Å². The molecule has 0 saturated carbocycles. The summed E-state index contributed by atoms with van der Waals surface area (Å²) in [5.74, 6) is 0. The van der Waals surface area contributed by atoms with E-state index in [1.165, 1.54) is 19.4 Å². The monoisotopic (exact) mass is 200 g/mol. The lowest BCUT2D eigenvalue weighted by Gasteiger charge is -2.33. The average Bonchev–Trinajstić information content (AvgIpc) is 2.47. The lowest BCUT2D eigenvalue weighted by atomic mass is 10.1. The Labute approximate surface area is 87.8 Å². The summed E-state index contributed by atoms with van der Waals surface area (Å²) in [6.45, 7) is 8.64. The molecule has 0 bridgehead atoms. The molecule has 0 aromatic rings. The summed E-state index contributed by atoms with van der Waals surface area (Å²) in [6.07, 6.45) is 2.36. The molecule has 0 aliphatic carbocycles. The minimum atomic E-state index is 0.605. The third-order valence-electron chi connectivity index (χ3n) is 3.23. The van der Waals surface area contributed by atoms with Crippen LogP contribution in [0, 0.1) is 0 Å². The molecule has 0 aromatic carbocycles. The van der Waals surface area contributed by atoms with Crippen molar-refractivity contribution in [1.82, 2.24) is 10.2 Å². The Morgan fingerprint density at radius 1 is 1.36 bits per heavy atom. The second kappa shape index (κ2) is 6.38. The van der Waals surface area contributed by atoms with Crippen molar-refractivity contribution >= 4 is 0 Å². The van der Waals surface area contributed by atoms with E-state index in [0.717, 1.165) is 19.8 Å². The smallest absolute Gasteiger partial charge is 0.0593 e. The maximum Gasteiger partial charge on any atom is 0.0593 e. The second-order valence-electron chi connectivity index (χ2n) is 4.05. The fourth-order valence-corrected chi connectivity index (χ4v) is 2.21. The van der Waals surface area contributed by atoms with Gasteiger partial charge in [0.15, 0.2) is 0 Å². The second-order valence-corrected chi connectivity index (χ2v) is 4.05. The average molecular weight is 200 g/mol. The Morgan fingerprint density at radius 2 is 2.14 bits per heavy atom. The van der Waals surface area contributed by atoms with Crippen molar-refractivity contribution in [3.05, 3.63) is 0 Å². The molecule has 0 amide bonds. The number of nitrogens with one attached hydrogen (secondary N) is 1. The molecule has 84 valence electrons. The number of hydrogen-bond acceptors (Lipinski definition) is 3. The summed E-state index contributed by atoms with van der Waals surface area (Å²) in [6, 6.07) is 1.22. The molecule has 0 aromatic heterocycles. The van der Waals surface area contributed by atoms with Gasteiger partial charge in [0, 0.05) is 31.8 Å². The van der Waals surface area contributed by atoms with Gasteiger partial charge >= 0.3 is 0 Å². The van der Waals surface area contributed by atoms with E-state index in [0.29, 0.717) is 12.1 Å². The van der Waals surface area contributed by atoms with Crippen LogP contribution in [0.5, 0.6) is 0 Å². The van der Waals surface area contributed by atoms with Crippen molar-refractivity contribution in [3.63, 3.8) is 0 Å². The van der Waals surface area contributed by atoms with Gasteiger partial charge in [0.05, 0.1) is 6.61 Å². The first kappa shape index (κ1) is 12.0. The first-order valence-electron chi connectivity index (χ1n) is 5.78. The van der Waals surface area contributed by atoms with Crippen LogP contribution in [0.25, 0.3) is 0 Å². The number of ether oxygens (including phenoxy) is 1. The zero-order valence-corrected chi connectivity index (χ0v) is 9.75. The van der Waals surface area contributed by atoms with Gasteiger partial charge in [-0.2, -0.15) is 0 Å². The molecule has 0 spiro atoms. The van der Waals surface area contributed by atoms with Crippen molar-refractivity contribution < 1.29 is 4.74 Å². The molecule has 1 N–H and O–H groups in total. The summed E-state index contributed by atoms with van der Waals surface area (Å²) >= 11 is 0. The Balaban J connectivity index is 2.43. The van der Waals surface area contributed by atoms with Gasteiger partial charge < -0.3 is 10.1 Å². The van der Waals surface area contributed by atoms with E-state index in [1.54, 1.807) is 0 Å². The van der Waals surface area contributed by atoms with Crippen molar-refractivity contribution in [2.24, 2.45) is 0 Å². The van der Waals surface area contributed by atoms with E-state index in [2.05, 4.69) is 31.1 Å². The van der Waals surface area contributed by atoms with Gasteiger partial charge in [0.2, 0.25) is 0 Å². The SMILES string of the molecule is CCC(NC)C(C)N1CCCOCC1. The molecule has 1 aliphatic rings. The number of nitrogens with zero attached hydrogens (tertiary/aromatic N) is 1. The van der Waals surface area contributed by atoms with Crippen LogP contribution >= 0.6 is 0 Å². The molecule has 3 heteroatoms. The lowest BCUT2D eigenvalue weighted by Crippen LogP contribution is -2.47. The van der Waals surface area contributed by atoms with Crippen LogP contribution in [0.2, 0.25) is 0 Å². The van der Waals surface area contributed by atoms with Crippen LogP contribution in [-0.4, -0.2) is 50.3 Å². The summed E-state index contributed by atoms with van der Waals surface area (Å²) in [7, 11) is 2.05. The standard InChI is InChI=1S/C11H24N2O/c1-4-11(12-3)10(2)13-6-5-8-14-9-7-13/h10-12H,4-9H2,1-3H3. The number of likely N-dealkylation sites (N-methyl/N-ethyl adjacent to an activating group) is 1. The molecule has 14 heavy (non-hydrogen) atoms. The molecular weight excluding hydrogens is 176 g/mol. The zero-order valence-electron chi connectivity index (χ0n) is 9.75. The summed E-state index contributed by atoms with van der Waals surface area (Å²) < 4.78 is 5.46. The highest BCUT2D eigenvalue weighted by molar-refractivity contribution is 4.79. The van der Waals surface area contributed by atoms with Crippen LogP contribution in [-0.2, 0) is 4.74 Å². The minimum Gasteiger partial charge on any atom is -0.380 e. The van der Waals surface area contributed by atoms with Crippen LogP contribution in [0.3, 0.4) is 0 Å². The topological polar surface area (TPSA) is 24.5 Å². The van der Waals surface area contributed by atoms with Gasteiger partial charge in [-0.25, -0.2) is 0 Å². The molecule has 1 saturated heterocycles. The number of rotatable bonds is 4. The van der Waals surface area contributed by atoms with Gasteiger partial charge in [0.25, 0.3) is 0 Å². The van der Waals surface area contributed by atoms with Gasteiger partial charge in [-0.15, -0.1) is 0 Å². The fraction of sp³-hybridized carbons (Fsp3) is 1.00. The summed E-state index contributed by atoms with van der Waals surface area (Å²) in [5, 5.41) is 3.39. The third-order valence-corrected chi connectivity index (χ3v) is 3.23. The Bertz CT molecular complexity index is 140. The largest absolute Gasteiger partial charge is 0.380 e. The molecular formula is C11H24N2O. The van der Waals surface area contributed by atoms with E-state index >= 15 is 0 Å². The van der Waals surface area contributed by atoms with Crippen LogP contribution in [0.4, 0.5) is 0 Å². The molecule has 1 heterocycles. The quantitative estimate of drug-likeness (QED) is 0.735. The normalized spacial score (nSPS) is 24.2. The number of hydrogen-bond donors (Lipinski definition) is 1. The van der Waals surface area contributed by atoms with Crippen LogP contribution in [0.15, 0.2) is 0 Å². The predicted molar refractivity (Wildman–Crippen MR) is 59.6 cm³/mol. The maximum atomic E-state index is 5.46. The highest BCUT2D eigenvalue weighted by Gasteiger charge is 2.21. The van der Waals surface area contributed by atoms with E-state index < -0.39 is 0 Å². The Hall–Kier alpha value is -0.120. The van der Waals surface area contributed by atoms with Gasteiger partial charge in [-0.05, 0) is 26.8 Å². The van der Waals surface area contributed by atoms with E-state index in [4.69, 9.17) is 4.74 Å². The van der Waals surface area contributed by atoms with E-state index in [1.807, 2.05) is 0 Å². The van der Waals surface area contributed by atoms with Crippen molar-refractivity contribution in [1.29, 1.82) is 0 Å². The first-order valence-corrected chi connectivity index (χ1v) is 5.78. The van der Waals surface area contributed by atoms with E-state index in [9.17, 15) is 0 Å². The summed E-state index contributed by atoms with van der Waals surface area (Å²) in [5.41, 5.74) is 0. The molecule has 3 nitrogen and oxygen atoms in total. The molecule has 2 unspecified atom stereocenters. The van der Waals surface area contributed by atoms with Gasteiger partial charge in [0.1, 0.15) is 0 Å². The van der Waals surface area contributed by atoms with Crippen LogP contribution < -0.4 is 5.32 Å². The lowest BCUT2D eigenvalue weighted by molar-refractivity contribution is 0.126. The predicted octanol–water partition coefficient (Wildman–Crippen LogP) is 1.10. The van der Waals surface area contributed by atoms with Gasteiger partial charge in [-0.3, -0.25) is 4.90 Å². The van der Waals surface area contributed by atoms with Crippen molar-refractivity contribution in [2.45, 2.75) is 38.8 Å². The highest BCUT2D eigenvalue weighted by Crippen LogP contribution is 2.10. The Morgan fingerprint density at radius 3 is 2.79 bits per heavy atom. The molecule has 0 radical (unpaired) electrons. The minimum absolute atomic E-state index is 0.605.